The van der Waals surface area contributed by atoms with Gasteiger partial charge in [0.15, 0.2) is 0 Å². The van der Waals surface area contributed by atoms with E-state index in [0.29, 0.717) is 6.61 Å². The average molecular weight is 173 g/mol. The van der Waals surface area contributed by atoms with Crippen LogP contribution in [0.15, 0.2) is 12.7 Å². The first-order chi connectivity index (χ1) is 3.27. The Morgan fingerprint density at radius 3 is 2.50 bits per heavy atom. The van der Waals surface area contributed by atoms with Crippen LogP contribution in [0.4, 0.5) is 0 Å². The third-order valence-corrected chi connectivity index (χ3v) is 0.572. The molecule has 8 heavy (non-hydrogen) atoms. The molecule has 0 bridgehead atoms. The van der Waals surface area contributed by atoms with Crippen molar-refractivity contribution < 1.29 is 4.74 Å². The molecular weight excluding hydrogens is 167 g/mol. The van der Waals surface area contributed by atoms with Gasteiger partial charge < -0.3 is 4.74 Å². The first-order valence-electron chi connectivity index (χ1n) is 1.74. The third kappa shape index (κ3) is 10.6. The molecule has 0 aromatic heterocycles. The summed E-state index contributed by atoms with van der Waals surface area (Å²) in [7, 11) is 0. The third-order valence-electron chi connectivity index (χ3n) is 0.325. The summed E-state index contributed by atoms with van der Waals surface area (Å²) in [6.07, 6.45) is 1.61. The molecule has 41 valence electrons. The smallest absolute Gasteiger partial charge is 0.217 e. The van der Waals surface area contributed by atoms with Crippen molar-refractivity contribution >= 4 is 80.6 Å². The van der Waals surface area contributed by atoms with Crippen molar-refractivity contribution in [2.24, 2.45) is 0 Å². The van der Waals surface area contributed by atoms with Gasteiger partial charge in [0, 0.05) is 51.4 Å². The Bertz CT molecular complexity index is 84.1. The Hall–Kier alpha value is 1.62. The summed E-state index contributed by atoms with van der Waals surface area (Å²) in [5.74, 6) is 0. The number of hydrogen-bond donors (Lipinski definition) is 1. The number of rotatable bonds is 2. The molecule has 0 saturated heterocycles. The molecule has 4 heteroatoms. The van der Waals surface area contributed by atoms with E-state index in [1.54, 1.807) is 6.08 Å². The summed E-state index contributed by atoms with van der Waals surface area (Å²) in [5, 5.41) is 0. The fourth-order valence-corrected chi connectivity index (χ4v) is 0.273. The molecule has 1 nitrogen and oxygen atoms in total. The minimum absolute atomic E-state index is 0. The van der Waals surface area contributed by atoms with Crippen LogP contribution in [0.2, 0.25) is 0 Å². The van der Waals surface area contributed by atoms with Crippen molar-refractivity contribution in [3.05, 3.63) is 12.7 Å². The van der Waals surface area contributed by atoms with Crippen LogP contribution in [0.5, 0.6) is 0 Å². The summed E-state index contributed by atoms with van der Waals surface area (Å²) >= 11 is 8.15. The topological polar surface area (TPSA) is 9.23 Å². The fourth-order valence-electron chi connectivity index (χ4n) is 0.130. The van der Waals surface area contributed by atoms with E-state index in [1.165, 1.54) is 0 Å². The molecule has 0 spiro atoms. The van der Waals surface area contributed by atoms with Crippen LogP contribution in [0, 0.1) is 0 Å². The molecule has 0 fully saturated rings. The van der Waals surface area contributed by atoms with E-state index in [4.69, 9.17) is 0 Å². The van der Waals surface area contributed by atoms with Crippen LogP contribution in [0.25, 0.3) is 0 Å². The van der Waals surface area contributed by atoms with Crippen LogP contribution >= 0.6 is 24.8 Å². The normalized spacial score (nSPS) is 6.62. The maximum absolute atomic E-state index is 4.67. The van der Waals surface area contributed by atoms with Gasteiger partial charge in [0.1, 0.15) is 6.61 Å². The Kier molecular flexibility index (Phi) is 13.3. The quantitative estimate of drug-likeness (QED) is 0.289. The van der Waals surface area contributed by atoms with Crippen molar-refractivity contribution in [3.63, 3.8) is 0 Å². The van der Waals surface area contributed by atoms with Gasteiger partial charge in [0.05, 0.1) is 0 Å². The summed E-state index contributed by atoms with van der Waals surface area (Å²) in [5.41, 5.74) is 0. The molecule has 0 aliphatic heterocycles. The second-order valence-corrected chi connectivity index (χ2v) is 1.95. The number of thiol groups is 1. The average Bonchev–Trinajstić information content (AvgIpc) is 1.61. The monoisotopic (exact) mass is 173 g/mol. The molecule has 0 amide bonds. The molecule has 0 aromatic rings. The van der Waals surface area contributed by atoms with Crippen molar-refractivity contribution in [2.45, 2.75) is 0 Å². The fraction of sp³-hybridized carbons (Fsp3) is 0.250. The molecule has 0 unspecified atom stereocenters. The molecule has 0 saturated carbocycles. The van der Waals surface area contributed by atoms with E-state index in [-0.39, 0.29) is 55.8 Å². The predicted octanol–water partition coefficient (Wildman–Crippen LogP) is 1.02. The van der Waals surface area contributed by atoms with E-state index in [9.17, 15) is 0 Å². The zero-order chi connectivity index (χ0) is 5.70. The van der Waals surface area contributed by atoms with Gasteiger partial charge >= 0.3 is 0 Å². The summed E-state index contributed by atoms with van der Waals surface area (Å²) in [4.78, 5) is 0. The maximum Gasteiger partial charge on any atom is 0.217 e. The summed E-state index contributed by atoms with van der Waals surface area (Å²) < 4.78 is 4.93. The van der Waals surface area contributed by atoms with Crippen LogP contribution in [-0.4, -0.2) is 62.4 Å². The van der Waals surface area contributed by atoms with Crippen LogP contribution in [0.3, 0.4) is 0 Å². The van der Waals surface area contributed by atoms with Gasteiger partial charge in [-0.2, -0.15) is 0 Å². The van der Waals surface area contributed by atoms with E-state index < -0.39 is 0 Å². The zero-order valence-electron chi connectivity index (χ0n) is 4.76. The molecule has 0 heterocycles. The SMILES string of the molecule is C=CCOC(=S)S.[K]. The Morgan fingerprint density at radius 2 is 2.38 bits per heavy atom. The first kappa shape index (κ1) is 12.3. The first-order valence-corrected chi connectivity index (χ1v) is 2.59. The Labute approximate surface area is 103 Å². The summed E-state index contributed by atoms with van der Waals surface area (Å²) in [6.45, 7) is 3.86. The maximum atomic E-state index is 4.67. The molecule has 0 aliphatic rings. The molecular formula is C4H6KOS2. The minimum Gasteiger partial charge on any atom is -0.475 e. The van der Waals surface area contributed by atoms with Gasteiger partial charge in [0.2, 0.25) is 4.38 Å². The van der Waals surface area contributed by atoms with Crippen LogP contribution < -0.4 is 0 Å². The van der Waals surface area contributed by atoms with Crippen molar-refractivity contribution in [3.8, 4) is 0 Å². The second-order valence-electron chi connectivity index (χ2n) is 0.866. The zero-order valence-corrected chi connectivity index (χ0v) is 9.59. The van der Waals surface area contributed by atoms with Crippen molar-refractivity contribution in [2.75, 3.05) is 6.61 Å². The molecule has 0 N–H and O–H groups in total. The number of hydrogen-bond acceptors (Lipinski definition) is 2. The van der Waals surface area contributed by atoms with E-state index >= 15 is 0 Å². The largest absolute Gasteiger partial charge is 0.475 e. The van der Waals surface area contributed by atoms with E-state index in [0.717, 1.165) is 0 Å². The second kappa shape index (κ2) is 8.62. The molecule has 0 aromatic carbocycles. The van der Waals surface area contributed by atoms with E-state index in [1.807, 2.05) is 0 Å². The van der Waals surface area contributed by atoms with Gasteiger partial charge in [-0.25, -0.2) is 0 Å². The molecule has 0 atom stereocenters. The van der Waals surface area contributed by atoms with Gasteiger partial charge in [-0.05, 0) is 12.2 Å². The van der Waals surface area contributed by atoms with Gasteiger partial charge in [-0.15, -0.1) is 0 Å². The molecule has 1 radical (unpaired) electrons. The van der Waals surface area contributed by atoms with Crippen LogP contribution in [0.1, 0.15) is 0 Å². The molecule has 0 rings (SSSR count). The van der Waals surface area contributed by atoms with Gasteiger partial charge in [-0.1, -0.05) is 25.3 Å². The minimum atomic E-state index is 0. The van der Waals surface area contributed by atoms with Gasteiger partial charge in [0.25, 0.3) is 0 Å². The van der Waals surface area contributed by atoms with Crippen molar-refractivity contribution in [1.82, 2.24) is 0 Å². The van der Waals surface area contributed by atoms with Crippen LogP contribution in [-0.2, 0) is 4.74 Å². The molecule has 0 aliphatic carbocycles. The number of thiocarbonyl (C=S) groups is 1. The predicted molar refractivity (Wildman–Crippen MR) is 43.5 cm³/mol. The van der Waals surface area contributed by atoms with Gasteiger partial charge in [-0.3, -0.25) is 0 Å². The summed E-state index contributed by atoms with van der Waals surface area (Å²) in [6, 6.07) is 0. The Balaban J connectivity index is 0. The Morgan fingerprint density at radius 1 is 1.88 bits per heavy atom. The standard InChI is InChI=1S/C4H6OS2.K/c1-2-3-5-4(6)7;/h2H,1,3H2,(H,6,7);. The van der Waals surface area contributed by atoms with Crippen molar-refractivity contribution in [1.29, 1.82) is 0 Å². The number of ether oxygens (including phenoxy) is 1. The van der Waals surface area contributed by atoms with E-state index in [2.05, 4.69) is 36.2 Å².